The third-order valence-corrected chi connectivity index (χ3v) is 8.85. The molecule has 0 bridgehead atoms. The van der Waals surface area contributed by atoms with Crippen molar-refractivity contribution in [2.75, 3.05) is 11.9 Å². The summed E-state index contributed by atoms with van der Waals surface area (Å²) in [5.74, 6) is -1.69. The molecule has 1 atom stereocenters. The van der Waals surface area contributed by atoms with Gasteiger partial charge < -0.3 is 26.8 Å². The first kappa shape index (κ1) is 36.1. The maximum absolute atomic E-state index is 13.7. The standard InChI is InChI=1S/C36H42N6O5.ClH/c1-20(2)39-34(44)26-12-13-28(21(3)14-26)24-8-4-22(5-9-24)15-32(41-33(43)25-10-6-23(18-37)7-11-25)35(45)40-27-16-29(36(46)47)30-19-38-42-31(30)17-27;/h4-5,8-9,12-14,16-17,19-20,23,25,32H,6-7,10-11,15,18,37H2,1-3H3,(H,38,42)(H,39,44)(H,40,45)(H,41,43)(H,46,47);1H/t23?,25?,32-;/m0./s1. The van der Waals surface area contributed by atoms with Gasteiger partial charge in [0.1, 0.15) is 6.04 Å². The van der Waals surface area contributed by atoms with E-state index in [1.807, 2.05) is 57.2 Å². The smallest absolute Gasteiger partial charge is 0.336 e. The third kappa shape index (κ3) is 8.59. The van der Waals surface area contributed by atoms with Crippen molar-refractivity contribution in [3.8, 4) is 11.1 Å². The molecule has 1 heterocycles. The van der Waals surface area contributed by atoms with E-state index in [-0.39, 0.29) is 53.9 Å². The number of fused-ring (bicyclic) bond motifs is 1. The first-order chi connectivity index (χ1) is 22.5. The molecule has 1 aliphatic rings. The van der Waals surface area contributed by atoms with Gasteiger partial charge in [0.2, 0.25) is 11.8 Å². The molecule has 3 amide bonds. The van der Waals surface area contributed by atoms with Crippen LogP contribution in [0.5, 0.6) is 0 Å². The monoisotopic (exact) mass is 674 g/mol. The highest BCUT2D eigenvalue weighted by atomic mass is 35.5. The highest BCUT2D eigenvalue weighted by Gasteiger charge is 2.29. The number of anilines is 1. The zero-order valence-corrected chi connectivity index (χ0v) is 28.2. The number of rotatable bonds is 11. The van der Waals surface area contributed by atoms with E-state index in [1.54, 1.807) is 12.1 Å². The number of nitrogens with two attached hydrogens (primary N) is 1. The summed E-state index contributed by atoms with van der Waals surface area (Å²) < 4.78 is 0. The third-order valence-electron chi connectivity index (χ3n) is 8.85. The fraction of sp³-hybridized carbons (Fsp3) is 0.361. The normalized spacial score (nSPS) is 16.5. The van der Waals surface area contributed by atoms with E-state index in [0.717, 1.165) is 35.1 Å². The van der Waals surface area contributed by atoms with E-state index in [4.69, 9.17) is 5.73 Å². The Morgan fingerprint density at radius 2 is 1.69 bits per heavy atom. The summed E-state index contributed by atoms with van der Waals surface area (Å²) in [7, 11) is 0. The van der Waals surface area contributed by atoms with Gasteiger partial charge in [-0.3, -0.25) is 19.5 Å². The van der Waals surface area contributed by atoms with Gasteiger partial charge in [0.05, 0.1) is 17.3 Å². The number of H-pyrrole nitrogens is 1. The van der Waals surface area contributed by atoms with Gasteiger partial charge in [-0.1, -0.05) is 30.3 Å². The summed E-state index contributed by atoms with van der Waals surface area (Å²) >= 11 is 0. The van der Waals surface area contributed by atoms with Gasteiger partial charge in [0.15, 0.2) is 0 Å². The lowest BCUT2D eigenvalue weighted by atomic mass is 9.81. The Morgan fingerprint density at radius 1 is 0.979 bits per heavy atom. The average molecular weight is 675 g/mol. The van der Waals surface area contributed by atoms with Crippen molar-refractivity contribution in [3.05, 3.63) is 83.0 Å². The largest absolute Gasteiger partial charge is 0.478 e. The lowest BCUT2D eigenvalue weighted by Gasteiger charge is -2.28. The number of aromatic nitrogens is 2. The van der Waals surface area contributed by atoms with Gasteiger partial charge in [-0.25, -0.2) is 4.79 Å². The number of aryl methyl sites for hydroxylation is 1. The van der Waals surface area contributed by atoms with Gasteiger partial charge in [0, 0.05) is 35.0 Å². The molecule has 12 heteroatoms. The molecule has 48 heavy (non-hydrogen) atoms. The number of hydrogen-bond donors (Lipinski definition) is 6. The van der Waals surface area contributed by atoms with Crippen molar-refractivity contribution >= 4 is 52.7 Å². The number of amides is 3. The summed E-state index contributed by atoms with van der Waals surface area (Å²) in [5, 5.41) is 25.6. The van der Waals surface area contributed by atoms with Crippen LogP contribution in [0.3, 0.4) is 0 Å². The van der Waals surface area contributed by atoms with Crippen LogP contribution in [0, 0.1) is 18.8 Å². The second-order valence-corrected chi connectivity index (χ2v) is 12.7. The Hall–Kier alpha value is -4.74. The van der Waals surface area contributed by atoms with E-state index >= 15 is 0 Å². The average Bonchev–Trinajstić information content (AvgIpc) is 3.52. The Bertz CT molecular complexity index is 1780. The second-order valence-electron chi connectivity index (χ2n) is 12.7. The van der Waals surface area contributed by atoms with Crippen LogP contribution in [0.25, 0.3) is 22.0 Å². The molecule has 0 aliphatic heterocycles. The van der Waals surface area contributed by atoms with Crippen molar-refractivity contribution in [2.45, 2.75) is 65.0 Å². The number of nitrogens with one attached hydrogen (secondary N) is 4. The number of aromatic amines is 1. The fourth-order valence-electron chi connectivity index (χ4n) is 6.22. The summed E-state index contributed by atoms with van der Waals surface area (Å²) in [4.78, 5) is 51.5. The van der Waals surface area contributed by atoms with E-state index in [2.05, 4.69) is 26.1 Å². The summed E-state index contributed by atoms with van der Waals surface area (Å²) in [5.41, 5.74) is 10.9. The Kier molecular flexibility index (Phi) is 12.0. The molecular weight excluding hydrogens is 632 g/mol. The molecule has 1 fully saturated rings. The first-order valence-electron chi connectivity index (χ1n) is 16.0. The quantitative estimate of drug-likeness (QED) is 0.126. The number of hydrogen-bond acceptors (Lipinski definition) is 6. The van der Waals surface area contributed by atoms with Crippen LogP contribution in [0.1, 0.15) is 71.4 Å². The molecule has 11 nitrogen and oxygen atoms in total. The Morgan fingerprint density at radius 3 is 2.31 bits per heavy atom. The Labute approximate surface area is 285 Å². The van der Waals surface area contributed by atoms with E-state index in [0.29, 0.717) is 41.8 Å². The SMILES string of the molecule is Cc1cc(C(=O)NC(C)C)ccc1-c1ccc(C[C@H](NC(=O)C2CCC(CN)CC2)C(=O)Nc2cc(C(=O)O)c3cn[nH]c3c2)cc1.Cl. The van der Waals surface area contributed by atoms with Gasteiger partial charge in [0.25, 0.3) is 5.91 Å². The molecule has 1 saturated carbocycles. The summed E-state index contributed by atoms with van der Waals surface area (Å²) in [6.07, 6.45) is 4.83. The van der Waals surface area contributed by atoms with Gasteiger partial charge in [-0.2, -0.15) is 5.10 Å². The highest BCUT2D eigenvalue weighted by molar-refractivity contribution is 6.06. The number of carboxylic acid groups (broad SMARTS) is 1. The Balaban J connectivity index is 0.00000520. The van der Waals surface area contributed by atoms with Crippen LogP contribution < -0.4 is 21.7 Å². The second kappa shape index (κ2) is 15.9. The zero-order valence-electron chi connectivity index (χ0n) is 27.3. The highest BCUT2D eigenvalue weighted by Crippen LogP contribution is 2.29. The van der Waals surface area contributed by atoms with Crippen molar-refractivity contribution in [2.24, 2.45) is 17.6 Å². The lowest BCUT2D eigenvalue weighted by molar-refractivity contribution is -0.130. The van der Waals surface area contributed by atoms with Crippen molar-refractivity contribution in [1.29, 1.82) is 0 Å². The van der Waals surface area contributed by atoms with Crippen molar-refractivity contribution in [1.82, 2.24) is 20.8 Å². The van der Waals surface area contributed by atoms with Crippen LogP contribution in [0.15, 0.2) is 60.8 Å². The molecular formula is C36H43ClN6O5. The molecule has 1 aromatic heterocycles. The van der Waals surface area contributed by atoms with Crippen LogP contribution in [0.2, 0.25) is 0 Å². The maximum atomic E-state index is 13.7. The molecule has 254 valence electrons. The molecule has 0 saturated heterocycles. The van der Waals surface area contributed by atoms with E-state index in [1.165, 1.54) is 12.3 Å². The lowest BCUT2D eigenvalue weighted by Crippen LogP contribution is -2.48. The number of aromatic carboxylic acids is 1. The van der Waals surface area contributed by atoms with Crippen LogP contribution >= 0.6 is 12.4 Å². The van der Waals surface area contributed by atoms with E-state index in [9.17, 15) is 24.3 Å². The number of carbonyl (C=O) groups is 4. The van der Waals surface area contributed by atoms with Crippen molar-refractivity contribution < 1.29 is 24.3 Å². The maximum Gasteiger partial charge on any atom is 0.336 e. The first-order valence-corrected chi connectivity index (χ1v) is 16.0. The predicted molar refractivity (Wildman–Crippen MR) is 188 cm³/mol. The number of halogens is 1. The molecule has 0 radical (unpaired) electrons. The minimum absolute atomic E-state index is 0. The van der Waals surface area contributed by atoms with Crippen LogP contribution in [0.4, 0.5) is 5.69 Å². The molecule has 5 rings (SSSR count). The van der Waals surface area contributed by atoms with Gasteiger partial charge >= 0.3 is 5.97 Å². The number of nitrogens with zero attached hydrogens (tertiary/aromatic N) is 1. The zero-order chi connectivity index (χ0) is 33.7. The number of carboxylic acids is 1. The summed E-state index contributed by atoms with van der Waals surface area (Å²) in [6, 6.07) is 15.5. The number of benzene rings is 3. The molecule has 0 spiro atoms. The number of carbonyl (C=O) groups excluding carboxylic acids is 3. The minimum atomic E-state index is -1.14. The topological polar surface area (TPSA) is 179 Å². The van der Waals surface area contributed by atoms with E-state index < -0.39 is 17.9 Å². The molecule has 1 aliphatic carbocycles. The predicted octanol–water partition coefficient (Wildman–Crippen LogP) is 5.23. The fourth-order valence-corrected chi connectivity index (χ4v) is 6.22. The van der Waals surface area contributed by atoms with Gasteiger partial charge in [-0.15, -0.1) is 12.4 Å². The minimum Gasteiger partial charge on any atom is -0.478 e. The molecule has 0 unspecified atom stereocenters. The van der Waals surface area contributed by atoms with Crippen LogP contribution in [-0.2, 0) is 16.0 Å². The molecule has 4 aromatic rings. The van der Waals surface area contributed by atoms with Crippen molar-refractivity contribution in [3.63, 3.8) is 0 Å². The van der Waals surface area contributed by atoms with Crippen LogP contribution in [-0.4, -0.2) is 57.6 Å². The summed E-state index contributed by atoms with van der Waals surface area (Å²) in [6.45, 7) is 6.40. The van der Waals surface area contributed by atoms with Gasteiger partial charge in [-0.05, 0) is 105 Å². The molecule has 3 aromatic carbocycles. The molecule has 7 N–H and O–H groups in total.